The van der Waals surface area contributed by atoms with Gasteiger partial charge >= 0.3 is 0 Å². The number of amides is 1. The first-order chi connectivity index (χ1) is 16.6. The Bertz CT molecular complexity index is 597. The van der Waals surface area contributed by atoms with Gasteiger partial charge in [-0.05, 0) is 36.6 Å². The summed E-state index contributed by atoms with van der Waals surface area (Å²) in [5, 5.41) is 18.2. The number of rotatable bonds is 22. The van der Waals surface area contributed by atoms with Gasteiger partial charge in [-0.15, -0.1) is 0 Å². The van der Waals surface area contributed by atoms with Crippen molar-refractivity contribution in [1.82, 2.24) is 4.90 Å². The second kappa shape index (κ2) is 20.8. The lowest BCUT2D eigenvalue weighted by Crippen LogP contribution is -2.35. The number of nitrogens with zero attached hydrogens (tertiary/aromatic N) is 1. The molecule has 5 heteroatoms. The summed E-state index contributed by atoms with van der Waals surface area (Å²) in [4.78, 5) is 13.9. The zero-order valence-corrected chi connectivity index (χ0v) is 22.0. The van der Waals surface area contributed by atoms with Crippen LogP contribution in [0.1, 0.15) is 114 Å². The van der Waals surface area contributed by atoms with Crippen LogP contribution in [0.3, 0.4) is 0 Å². The molecule has 1 rings (SSSR count). The van der Waals surface area contributed by atoms with E-state index in [1.807, 2.05) is 12.1 Å². The molecule has 0 saturated carbocycles. The van der Waals surface area contributed by atoms with E-state index in [9.17, 15) is 4.79 Å². The molecule has 1 aromatic rings. The molecule has 0 radical (unpaired) electrons. The lowest BCUT2D eigenvalue weighted by atomic mass is 10.0. The lowest BCUT2D eigenvalue weighted by Gasteiger charge is -2.20. The van der Waals surface area contributed by atoms with Gasteiger partial charge in [-0.25, -0.2) is 0 Å². The zero-order chi connectivity index (χ0) is 24.9. The zero-order valence-electron chi connectivity index (χ0n) is 22.0. The minimum Gasteiger partial charge on any atom is -0.494 e. The Kier molecular flexibility index (Phi) is 18.6. The Balaban J connectivity index is 1.98. The summed E-state index contributed by atoms with van der Waals surface area (Å²) >= 11 is 0. The van der Waals surface area contributed by atoms with Crippen molar-refractivity contribution >= 4 is 5.91 Å². The third-order valence-corrected chi connectivity index (χ3v) is 6.32. The number of unbranched alkanes of at least 4 members (excludes halogenated alkanes) is 12. The van der Waals surface area contributed by atoms with E-state index in [0.717, 1.165) is 18.1 Å². The van der Waals surface area contributed by atoms with Gasteiger partial charge in [0.25, 0.3) is 5.91 Å². The topological polar surface area (TPSA) is 70.0 Å². The van der Waals surface area contributed by atoms with Crippen LogP contribution in [0.2, 0.25) is 0 Å². The van der Waals surface area contributed by atoms with Crippen molar-refractivity contribution < 1.29 is 19.7 Å². The Labute approximate surface area is 208 Å². The molecule has 0 aliphatic rings. The number of hydrogen-bond donors (Lipinski definition) is 2. The van der Waals surface area contributed by atoms with Gasteiger partial charge in [0.05, 0.1) is 19.8 Å². The molecule has 0 aliphatic carbocycles. The van der Waals surface area contributed by atoms with E-state index >= 15 is 0 Å². The Morgan fingerprint density at radius 2 is 1.18 bits per heavy atom. The van der Waals surface area contributed by atoms with E-state index in [1.165, 1.54) is 88.4 Å². The molecule has 1 aromatic carbocycles. The largest absolute Gasteiger partial charge is 0.494 e. The smallest absolute Gasteiger partial charge is 0.254 e. The molecule has 0 spiro atoms. The lowest BCUT2D eigenvalue weighted by molar-refractivity contribution is 0.0685. The summed E-state index contributed by atoms with van der Waals surface area (Å²) in [7, 11) is 0. The first-order valence-electron chi connectivity index (χ1n) is 13.8. The Morgan fingerprint density at radius 1 is 0.735 bits per heavy atom. The molecule has 34 heavy (non-hydrogen) atoms. The predicted octanol–water partition coefficient (Wildman–Crippen LogP) is 6.61. The molecule has 0 bridgehead atoms. The van der Waals surface area contributed by atoms with Crippen LogP contribution in [0.5, 0.6) is 5.75 Å². The average molecular weight is 478 g/mol. The molecule has 1 amide bonds. The van der Waals surface area contributed by atoms with Crippen LogP contribution in [-0.4, -0.2) is 53.9 Å². The molecule has 2 N–H and O–H groups in total. The van der Waals surface area contributed by atoms with E-state index in [1.54, 1.807) is 12.1 Å². The van der Waals surface area contributed by atoms with Gasteiger partial charge in [0, 0.05) is 18.7 Å². The monoisotopic (exact) mass is 477 g/mol. The number of hydrogen-bond acceptors (Lipinski definition) is 4. The summed E-state index contributed by atoms with van der Waals surface area (Å²) in [5.41, 5.74) is 0.538. The van der Waals surface area contributed by atoms with Crippen molar-refractivity contribution in [3.8, 4) is 5.75 Å². The number of ether oxygens (including phenoxy) is 1. The molecular formula is C29H51NO4. The van der Waals surface area contributed by atoms with E-state index in [2.05, 4.69) is 13.8 Å². The van der Waals surface area contributed by atoms with E-state index < -0.39 is 0 Å². The Hall–Kier alpha value is -1.59. The minimum atomic E-state index is -0.188. The summed E-state index contributed by atoms with van der Waals surface area (Å²) < 4.78 is 5.81. The second-order valence-corrected chi connectivity index (χ2v) is 9.89. The highest BCUT2D eigenvalue weighted by molar-refractivity contribution is 5.94. The first-order valence-corrected chi connectivity index (χ1v) is 13.8. The predicted molar refractivity (Wildman–Crippen MR) is 141 cm³/mol. The van der Waals surface area contributed by atoms with Crippen molar-refractivity contribution in [2.24, 2.45) is 5.92 Å². The van der Waals surface area contributed by atoms with Crippen molar-refractivity contribution in [2.75, 3.05) is 32.9 Å². The van der Waals surface area contributed by atoms with Crippen LogP contribution in [0.4, 0.5) is 0 Å². The number of aliphatic hydroxyl groups excluding tert-OH is 2. The average Bonchev–Trinajstić information content (AvgIpc) is 2.83. The van der Waals surface area contributed by atoms with Gasteiger partial charge in [-0.1, -0.05) is 97.3 Å². The summed E-state index contributed by atoms with van der Waals surface area (Å²) in [5.74, 6) is 1.44. The van der Waals surface area contributed by atoms with Gasteiger partial charge in [-0.3, -0.25) is 4.79 Å². The molecule has 0 heterocycles. The number of carbonyl (C=O) groups excluding carboxylic acids is 1. The van der Waals surface area contributed by atoms with Crippen LogP contribution in [0.25, 0.3) is 0 Å². The molecule has 0 atom stereocenters. The maximum absolute atomic E-state index is 12.4. The molecule has 0 aliphatic heterocycles. The molecule has 0 unspecified atom stereocenters. The highest BCUT2D eigenvalue weighted by atomic mass is 16.5. The quantitative estimate of drug-likeness (QED) is 0.184. The van der Waals surface area contributed by atoms with Crippen molar-refractivity contribution in [3.63, 3.8) is 0 Å². The number of carbonyl (C=O) groups is 1. The highest BCUT2D eigenvalue weighted by Crippen LogP contribution is 2.16. The first kappa shape index (κ1) is 30.4. The Morgan fingerprint density at radius 3 is 1.62 bits per heavy atom. The van der Waals surface area contributed by atoms with E-state index in [0.29, 0.717) is 12.2 Å². The van der Waals surface area contributed by atoms with Crippen LogP contribution in [-0.2, 0) is 0 Å². The number of aliphatic hydroxyl groups is 2. The SMILES string of the molecule is CC(C)CCCCCCCCCCCCCCCOc1ccc(C(=O)N(CCO)CCO)cc1. The molecule has 0 saturated heterocycles. The van der Waals surface area contributed by atoms with Crippen molar-refractivity contribution in [3.05, 3.63) is 29.8 Å². The van der Waals surface area contributed by atoms with Gasteiger partial charge in [-0.2, -0.15) is 0 Å². The van der Waals surface area contributed by atoms with E-state index in [4.69, 9.17) is 14.9 Å². The van der Waals surface area contributed by atoms with Gasteiger partial charge < -0.3 is 19.8 Å². The van der Waals surface area contributed by atoms with Crippen LogP contribution in [0.15, 0.2) is 24.3 Å². The van der Waals surface area contributed by atoms with Gasteiger partial charge in [0.2, 0.25) is 0 Å². The van der Waals surface area contributed by atoms with Gasteiger partial charge in [0.15, 0.2) is 0 Å². The van der Waals surface area contributed by atoms with Crippen molar-refractivity contribution in [2.45, 2.75) is 104 Å². The van der Waals surface area contributed by atoms with Crippen LogP contribution < -0.4 is 4.74 Å². The van der Waals surface area contributed by atoms with E-state index in [-0.39, 0.29) is 32.2 Å². The second-order valence-electron chi connectivity index (χ2n) is 9.89. The highest BCUT2D eigenvalue weighted by Gasteiger charge is 2.14. The molecule has 196 valence electrons. The fourth-order valence-corrected chi connectivity index (χ4v) is 4.22. The fourth-order valence-electron chi connectivity index (χ4n) is 4.22. The molecule has 0 aromatic heterocycles. The summed E-state index contributed by atoms with van der Waals surface area (Å²) in [6.45, 7) is 5.53. The summed E-state index contributed by atoms with van der Waals surface area (Å²) in [6, 6.07) is 7.11. The number of benzene rings is 1. The fraction of sp³-hybridized carbons (Fsp3) is 0.759. The third kappa shape index (κ3) is 15.3. The maximum atomic E-state index is 12.4. The molecular weight excluding hydrogens is 426 g/mol. The van der Waals surface area contributed by atoms with Crippen LogP contribution in [0, 0.1) is 5.92 Å². The standard InChI is InChI=1S/C29H51NO4/c1-26(2)16-14-12-10-8-6-4-3-5-7-9-11-13-15-25-34-28-19-17-27(18-20-28)29(33)30(21-23-31)22-24-32/h17-20,26,31-32H,3-16,21-25H2,1-2H3. The van der Waals surface area contributed by atoms with Crippen LogP contribution >= 0.6 is 0 Å². The third-order valence-electron chi connectivity index (χ3n) is 6.32. The summed E-state index contributed by atoms with van der Waals surface area (Å²) in [6.07, 6.45) is 18.9. The molecule has 5 nitrogen and oxygen atoms in total. The minimum absolute atomic E-state index is 0.119. The van der Waals surface area contributed by atoms with Gasteiger partial charge in [0.1, 0.15) is 5.75 Å². The maximum Gasteiger partial charge on any atom is 0.254 e. The van der Waals surface area contributed by atoms with Crippen molar-refractivity contribution in [1.29, 1.82) is 0 Å². The normalized spacial score (nSPS) is 11.2. The molecule has 0 fully saturated rings.